The topological polar surface area (TPSA) is 65.4 Å². The lowest BCUT2D eigenvalue weighted by molar-refractivity contribution is 0.123. The van der Waals surface area contributed by atoms with E-state index in [-0.39, 0.29) is 24.3 Å². The highest BCUT2D eigenvalue weighted by atomic mass is 16.3. The Kier molecular flexibility index (Phi) is 7.59. The number of anilines is 1. The average molecular weight is 672 g/mol. The van der Waals surface area contributed by atoms with Crippen LogP contribution in [-0.4, -0.2) is 4.98 Å². The van der Waals surface area contributed by atoms with Crippen molar-refractivity contribution in [1.29, 1.82) is 0 Å². The first-order chi connectivity index (χ1) is 25.1. The van der Waals surface area contributed by atoms with Crippen molar-refractivity contribution in [3.8, 4) is 0 Å². The lowest BCUT2D eigenvalue weighted by Gasteiger charge is -2.47. The molecule has 5 atom stereocenters. The molecule has 51 heavy (non-hydrogen) atoms. The summed E-state index contributed by atoms with van der Waals surface area (Å²) in [6, 6.07) is 24.1. The van der Waals surface area contributed by atoms with Crippen LogP contribution in [0.1, 0.15) is 109 Å². The van der Waals surface area contributed by atoms with Crippen molar-refractivity contribution in [2.45, 2.75) is 82.3 Å². The van der Waals surface area contributed by atoms with E-state index in [1.807, 2.05) is 0 Å². The van der Waals surface area contributed by atoms with Gasteiger partial charge < -0.3 is 9.32 Å². The number of aromatic nitrogens is 1. The van der Waals surface area contributed by atoms with Crippen molar-refractivity contribution in [3.05, 3.63) is 166 Å². The van der Waals surface area contributed by atoms with Gasteiger partial charge in [0.1, 0.15) is 17.3 Å². The monoisotopic (exact) mass is 671 g/mol. The fourth-order valence-electron chi connectivity index (χ4n) is 9.43. The molecule has 0 amide bonds. The summed E-state index contributed by atoms with van der Waals surface area (Å²) in [7, 11) is 0. The van der Waals surface area contributed by atoms with Gasteiger partial charge in [-0.3, -0.25) is 16.0 Å². The van der Waals surface area contributed by atoms with Crippen LogP contribution in [0.15, 0.2) is 125 Å². The molecule has 4 aromatic rings. The fourth-order valence-corrected chi connectivity index (χ4v) is 9.43. The molecule has 3 N–H and O–H groups in total. The van der Waals surface area contributed by atoms with E-state index in [0.717, 1.165) is 55.7 Å². The van der Waals surface area contributed by atoms with E-state index in [0.29, 0.717) is 0 Å². The first-order valence-electron chi connectivity index (χ1n) is 18.9. The molecule has 6 heteroatoms. The molecule has 2 saturated heterocycles. The van der Waals surface area contributed by atoms with Gasteiger partial charge >= 0.3 is 0 Å². The van der Waals surface area contributed by atoms with Crippen LogP contribution >= 0.6 is 0 Å². The van der Waals surface area contributed by atoms with Gasteiger partial charge in [-0.2, -0.15) is 0 Å². The lowest BCUT2D eigenvalue weighted by atomic mass is 9.81. The van der Waals surface area contributed by atoms with Crippen LogP contribution in [0.5, 0.6) is 0 Å². The second-order valence-corrected chi connectivity index (χ2v) is 15.0. The number of furan rings is 1. The number of hydrogen-bond acceptors (Lipinski definition) is 6. The summed E-state index contributed by atoms with van der Waals surface area (Å²) >= 11 is 0. The van der Waals surface area contributed by atoms with Gasteiger partial charge in [0.2, 0.25) is 0 Å². The molecule has 0 spiro atoms. The summed E-state index contributed by atoms with van der Waals surface area (Å²) in [6.45, 7) is 2.27. The molecule has 4 aliphatic carbocycles. The first kappa shape index (κ1) is 31.0. The Bertz CT molecular complexity index is 2140. The van der Waals surface area contributed by atoms with Crippen molar-refractivity contribution >= 4 is 17.5 Å². The van der Waals surface area contributed by atoms with E-state index in [4.69, 9.17) is 9.40 Å². The number of aryl methyl sites for hydroxylation is 1. The number of hydrogen-bond donors (Lipinski definition) is 3. The van der Waals surface area contributed by atoms with Gasteiger partial charge in [-0.05, 0) is 97.4 Å². The van der Waals surface area contributed by atoms with E-state index < -0.39 is 5.66 Å². The molecule has 256 valence electrons. The van der Waals surface area contributed by atoms with E-state index in [9.17, 15) is 0 Å². The summed E-state index contributed by atoms with van der Waals surface area (Å²) in [4.78, 5) is 8.12. The highest BCUT2D eigenvalue weighted by Crippen LogP contribution is 2.56. The average Bonchev–Trinajstić information content (AvgIpc) is 3.74. The van der Waals surface area contributed by atoms with Crippen LogP contribution in [0.3, 0.4) is 0 Å². The lowest BCUT2D eigenvalue weighted by Crippen LogP contribution is -2.64. The summed E-state index contributed by atoms with van der Waals surface area (Å²) in [5.74, 6) is 3.51. The van der Waals surface area contributed by atoms with Gasteiger partial charge in [-0.25, -0.2) is 4.98 Å². The molecule has 6 aliphatic rings. The fraction of sp³-hybridized carbons (Fsp3) is 0.311. The molecule has 10 rings (SSSR count). The number of allylic oxidation sites excluding steroid dienone is 7. The second kappa shape index (κ2) is 12.5. The standard InChI is InChI=1S/C45H45N5O/c1-45(32-19-9-4-10-20-32)48-42(30-17-7-3-8-18-30)47-43(49-45)36-27-31(29-15-5-2-6-16-29)28-46-44(36)50-37-23-13-11-21-33(37)34-25-26-39-40(41(34)50)35-22-12-14-24-38(35)51-39/h2-5,7-10,15,17-21,23,25-28,34,41-43,47-49H,6,11-14,16,22,24H2,1H3. The Morgan fingerprint density at radius 1 is 0.882 bits per heavy atom. The zero-order valence-corrected chi connectivity index (χ0v) is 29.2. The first-order valence-corrected chi connectivity index (χ1v) is 18.9. The molecule has 5 unspecified atom stereocenters. The van der Waals surface area contributed by atoms with Crippen LogP contribution in [0.2, 0.25) is 0 Å². The predicted octanol–water partition coefficient (Wildman–Crippen LogP) is 9.45. The van der Waals surface area contributed by atoms with E-state index in [1.165, 1.54) is 63.3 Å². The number of fused-ring (bicyclic) bond motifs is 7. The maximum Gasteiger partial charge on any atom is 0.139 e. The minimum absolute atomic E-state index is 0.100. The maximum absolute atomic E-state index is 6.64. The minimum Gasteiger partial charge on any atom is -0.461 e. The van der Waals surface area contributed by atoms with Crippen LogP contribution in [0, 0.1) is 5.92 Å². The molecule has 2 aliphatic heterocycles. The van der Waals surface area contributed by atoms with Gasteiger partial charge in [0.15, 0.2) is 0 Å². The molecule has 4 heterocycles. The Morgan fingerprint density at radius 2 is 1.69 bits per heavy atom. The third-order valence-corrected chi connectivity index (χ3v) is 11.9. The third kappa shape index (κ3) is 5.23. The Balaban J connectivity index is 1.17. The number of rotatable bonds is 5. The van der Waals surface area contributed by atoms with E-state index >= 15 is 0 Å². The van der Waals surface area contributed by atoms with Crippen molar-refractivity contribution in [2.75, 3.05) is 4.90 Å². The van der Waals surface area contributed by atoms with Crippen molar-refractivity contribution < 1.29 is 4.42 Å². The summed E-state index contributed by atoms with van der Waals surface area (Å²) in [6.07, 6.45) is 26.8. The van der Waals surface area contributed by atoms with Crippen molar-refractivity contribution in [3.63, 3.8) is 0 Å². The Labute approximate surface area is 300 Å². The third-order valence-electron chi connectivity index (χ3n) is 11.9. The molecule has 2 fully saturated rings. The SMILES string of the molecule is CC1(c2ccccc2)NC(c2ccccc2)NC(c2cc(C3=CC=CCC3)cnc2N2C3=CCCC=C3C3C=Cc4oc5c(c4C32)CCCC5)N1. The zero-order chi connectivity index (χ0) is 33.9. The highest BCUT2D eigenvalue weighted by molar-refractivity contribution is 5.75. The van der Waals surface area contributed by atoms with Gasteiger partial charge in [-0.1, -0.05) is 97.1 Å². The number of benzene rings is 2. The van der Waals surface area contributed by atoms with Crippen molar-refractivity contribution in [1.82, 2.24) is 20.9 Å². The van der Waals surface area contributed by atoms with E-state index in [2.05, 4.69) is 143 Å². The number of nitrogens with zero attached hydrogens (tertiary/aromatic N) is 2. The highest BCUT2D eigenvalue weighted by Gasteiger charge is 2.49. The maximum atomic E-state index is 6.64. The molecule has 0 bridgehead atoms. The summed E-state index contributed by atoms with van der Waals surface area (Å²) < 4.78 is 6.64. The smallest absolute Gasteiger partial charge is 0.139 e. The predicted molar refractivity (Wildman–Crippen MR) is 204 cm³/mol. The van der Waals surface area contributed by atoms with Gasteiger partial charge in [0.05, 0.1) is 24.0 Å². The van der Waals surface area contributed by atoms with Crippen LogP contribution in [-0.2, 0) is 18.5 Å². The minimum atomic E-state index is -0.523. The largest absolute Gasteiger partial charge is 0.461 e. The summed E-state index contributed by atoms with van der Waals surface area (Å²) in [5.41, 5.74) is 11.1. The van der Waals surface area contributed by atoms with E-state index in [1.54, 1.807) is 0 Å². The molecule has 0 saturated carbocycles. The van der Waals surface area contributed by atoms with Gasteiger partial charge in [-0.15, -0.1) is 0 Å². The molecule has 2 aromatic heterocycles. The van der Waals surface area contributed by atoms with Gasteiger partial charge in [0, 0.05) is 35.4 Å². The summed E-state index contributed by atoms with van der Waals surface area (Å²) in [5, 5.41) is 12.0. The normalized spacial score (nSPS) is 27.9. The molecular weight excluding hydrogens is 627 g/mol. The number of nitrogens with one attached hydrogen (secondary N) is 3. The molecule has 0 radical (unpaired) electrons. The van der Waals surface area contributed by atoms with Gasteiger partial charge in [0.25, 0.3) is 0 Å². The second-order valence-electron chi connectivity index (χ2n) is 15.0. The molecule has 6 nitrogen and oxygen atoms in total. The Morgan fingerprint density at radius 3 is 2.53 bits per heavy atom. The van der Waals surface area contributed by atoms with Crippen molar-refractivity contribution in [2.24, 2.45) is 5.92 Å². The Hall–Kier alpha value is -4.75. The zero-order valence-electron chi connectivity index (χ0n) is 29.2. The van der Waals surface area contributed by atoms with Crippen LogP contribution in [0.25, 0.3) is 11.6 Å². The van der Waals surface area contributed by atoms with Crippen LogP contribution in [0.4, 0.5) is 5.82 Å². The molecular formula is C45H45N5O. The quantitative estimate of drug-likeness (QED) is 0.197. The molecule has 2 aromatic carbocycles. The number of pyridine rings is 1. The van der Waals surface area contributed by atoms with Crippen LogP contribution < -0.4 is 20.9 Å².